The molecule has 0 radical (unpaired) electrons. The van der Waals surface area contributed by atoms with Gasteiger partial charge in [0.2, 0.25) is 0 Å². The first-order chi connectivity index (χ1) is 9.90. The maximum absolute atomic E-state index is 12.5. The molecule has 1 aromatic carbocycles. The molecular formula is C15H13Cl2NO2S. The van der Waals surface area contributed by atoms with Crippen LogP contribution in [0.3, 0.4) is 0 Å². The van der Waals surface area contributed by atoms with Gasteiger partial charge < -0.3 is 0 Å². The van der Waals surface area contributed by atoms with E-state index < -0.39 is 15.1 Å². The summed E-state index contributed by atoms with van der Waals surface area (Å²) in [7, 11) is -3.29. The molecule has 0 saturated heterocycles. The van der Waals surface area contributed by atoms with Crippen molar-refractivity contribution in [2.45, 2.75) is 24.3 Å². The lowest BCUT2D eigenvalue weighted by Gasteiger charge is -2.13. The van der Waals surface area contributed by atoms with Gasteiger partial charge in [0.05, 0.1) is 11.0 Å². The Balaban J connectivity index is 2.13. The minimum atomic E-state index is -3.29. The lowest BCUT2D eigenvalue weighted by Crippen LogP contribution is -2.10. The van der Waals surface area contributed by atoms with Crippen molar-refractivity contribution >= 4 is 33.0 Å². The van der Waals surface area contributed by atoms with Gasteiger partial charge in [-0.05, 0) is 30.0 Å². The van der Waals surface area contributed by atoms with Gasteiger partial charge in [-0.15, -0.1) is 0 Å². The van der Waals surface area contributed by atoms with E-state index in [0.29, 0.717) is 23.1 Å². The van der Waals surface area contributed by atoms with Crippen LogP contribution in [0.4, 0.5) is 0 Å². The number of pyridine rings is 1. The summed E-state index contributed by atoms with van der Waals surface area (Å²) >= 11 is 12.2. The number of nitrogens with zero attached hydrogens (tertiary/aromatic N) is 1. The molecular weight excluding hydrogens is 329 g/mol. The molecule has 0 bridgehead atoms. The highest BCUT2D eigenvalue weighted by Gasteiger charge is 2.40. The summed E-state index contributed by atoms with van der Waals surface area (Å²) in [5.41, 5.74) is 2.99. The Morgan fingerprint density at radius 1 is 1.19 bits per heavy atom. The van der Waals surface area contributed by atoms with Crippen molar-refractivity contribution in [2.24, 2.45) is 0 Å². The van der Waals surface area contributed by atoms with E-state index in [9.17, 15) is 8.42 Å². The summed E-state index contributed by atoms with van der Waals surface area (Å²) in [6.45, 7) is 1.78. The number of hydrogen-bond acceptors (Lipinski definition) is 3. The Hall–Kier alpha value is -1.10. The van der Waals surface area contributed by atoms with Gasteiger partial charge in [-0.3, -0.25) is 0 Å². The van der Waals surface area contributed by atoms with Crippen LogP contribution >= 0.6 is 23.2 Å². The van der Waals surface area contributed by atoms with E-state index in [1.807, 2.05) is 30.3 Å². The van der Waals surface area contributed by atoms with E-state index in [1.165, 1.54) is 0 Å². The molecule has 0 N–H and O–H groups in total. The van der Waals surface area contributed by atoms with Gasteiger partial charge in [-0.2, -0.15) is 0 Å². The fraction of sp³-hybridized carbons (Fsp3) is 0.267. The molecule has 1 unspecified atom stereocenters. The zero-order chi connectivity index (χ0) is 15.2. The molecule has 1 atom stereocenters. The molecule has 0 aliphatic carbocycles. The molecule has 2 aromatic rings. The van der Waals surface area contributed by atoms with E-state index in [0.717, 1.165) is 5.56 Å². The van der Waals surface area contributed by atoms with Crippen molar-refractivity contribution in [2.75, 3.05) is 0 Å². The molecule has 3 nitrogen and oxygen atoms in total. The molecule has 21 heavy (non-hydrogen) atoms. The number of benzene rings is 1. The smallest absolute Gasteiger partial charge is 0.161 e. The molecule has 1 aromatic heterocycles. The van der Waals surface area contributed by atoms with E-state index in [-0.39, 0.29) is 16.1 Å². The van der Waals surface area contributed by atoms with Crippen LogP contribution in [0.1, 0.15) is 27.5 Å². The highest BCUT2D eigenvalue weighted by atomic mass is 35.5. The first kappa shape index (κ1) is 14.8. The maximum atomic E-state index is 12.5. The third-order valence-electron chi connectivity index (χ3n) is 3.87. The first-order valence-electron chi connectivity index (χ1n) is 6.50. The number of sulfone groups is 1. The third kappa shape index (κ3) is 2.56. The van der Waals surface area contributed by atoms with Crippen LogP contribution in [0.5, 0.6) is 0 Å². The predicted molar refractivity (Wildman–Crippen MR) is 84.5 cm³/mol. The van der Waals surface area contributed by atoms with Gasteiger partial charge >= 0.3 is 0 Å². The number of hydrogen-bond donors (Lipinski definition) is 0. The van der Waals surface area contributed by atoms with Crippen LogP contribution < -0.4 is 0 Å². The average Bonchev–Trinajstić information content (AvgIpc) is 2.70. The summed E-state index contributed by atoms with van der Waals surface area (Å²) in [4.78, 5) is 4.07. The Kier molecular flexibility index (Phi) is 3.72. The maximum Gasteiger partial charge on any atom is 0.161 e. The monoisotopic (exact) mass is 341 g/mol. The summed E-state index contributed by atoms with van der Waals surface area (Å²) in [5.74, 6) is -0.0202. The van der Waals surface area contributed by atoms with Gasteiger partial charge in [-0.25, -0.2) is 13.4 Å². The van der Waals surface area contributed by atoms with E-state index in [4.69, 9.17) is 23.2 Å². The number of fused-ring (bicyclic) bond motifs is 1. The van der Waals surface area contributed by atoms with Crippen molar-refractivity contribution in [1.29, 1.82) is 0 Å². The van der Waals surface area contributed by atoms with Gasteiger partial charge in [0.1, 0.15) is 10.3 Å². The van der Waals surface area contributed by atoms with E-state index >= 15 is 0 Å². The zero-order valence-corrected chi connectivity index (χ0v) is 13.6. The van der Waals surface area contributed by atoms with Crippen molar-refractivity contribution in [1.82, 2.24) is 4.98 Å². The van der Waals surface area contributed by atoms with Gasteiger partial charge in [0.15, 0.2) is 9.84 Å². The Morgan fingerprint density at radius 2 is 1.86 bits per heavy atom. The molecule has 0 amide bonds. The summed E-state index contributed by atoms with van der Waals surface area (Å²) in [5, 5.41) is -0.178. The standard InChI is InChI=1S/C15H13Cl2NO2S/c1-9-11-8-21(19,20)12(7-10-5-3-2-4-6-10)13(11)15(17)18-14(9)16/h2-6,12H,7-8H2,1H3. The Bertz CT molecular complexity index is 804. The molecule has 110 valence electrons. The number of aromatic nitrogens is 1. The molecule has 2 heterocycles. The van der Waals surface area contributed by atoms with Crippen LogP contribution in [-0.4, -0.2) is 13.4 Å². The van der Waals surface area contributed by atoms with E-state index in [2.05, 4.69) is 4.98 Å². The van der Waals surface area contributed by atoms with Crippen molar-refractivity contribution < 1.29 is 8.42 Å². The minimum Gasteiger partial charge on any atom is -0.228 e. The van der Waals surface area contributed by atoms with Crippen LogP contribution in [0.25, 0.3) is 0 Å². The average molecular weight is 342 g/mol. The lowest BCUT2D eigenvalue weighted by molar-refractivity contribution is 0.586. The number of halogens is 2. The minimum absolute atomic E-state index is 0.0202. The summed E-state index contributed by atoms with van der Waals surface area (Å²) in [6.07, 6.45) is 0.401. The largest absolute Gasteiger partial charge is 0.228 e. The van der Waals surface area contributed by atoms with Crippen molar-refractivity contribution in [3.8, 4) is 0 Å². The molecule has 1 aliphatic heterocycles. The topological polar surface area (TPSA) is 47.0 Å². The summed E-state index contributed by atoms with van der Waals surface area (Å²) < 4.78 is 25.0. The summed E-state index contributed by atoms with van der Waals surface area (Å²) in [6, 6.07) is 9.52. The fourth-order valence-electron chi connectivity index (χ4n) is 2.73. The van der Waals surface area contributed by atoms with E-state index in [1.54, 1.807) is 6.92 Å². The Labute approximate surface area is 133 Å². The molecule has 1 aliphatic rings. The van der Waals surface area contributed by atoms with Crippen LogP contribution in [0.2, 0.25) is 10.3 Å². The highest BCUT2D eigenvalue weighted by Crippen LogP contribution is 2.44. The highest BCUT2D eigenvalue weighted by molar-refractivity contribution is 7.91. The number of rotatable bonds is 2. The van der Waals surface area contributed by atoms with Crippen molar-refractivity contribution in [3.63, 3.8) is 0 Å². The van der Waals surface area contributed by atoms with Crippen molar-refractivity contribution in [3.05, 3.63) is 62.9 Å². The quantitative estimate of drug-likeness (QED) is 0.778. The second kappa shape index (κ2) is 5.27. The Morgan fingerprint density at radius 3 is 2.52 bits per heavy atom. The fourth-order valence-corrected chi connectivity index (χ4v) is 5.40. The first-order valence-corrected chi connectivity index (χ1v) is 8.97. The second-order valence-corrected chi connectivity index (χ2v) is 8.10. The molecule has 3 rings (SSSR count). The third-order valence-corrected chi connectivity index (χ3v) is 6.49. The second-order valence-electron chi connectivity index (χ2n) is 5.20. The predicted octanol–water partition coefficient (Wildman–Crippen LogP) is 3.91. The van der Waals surface area contributed by atoms with Gasteiger partial charge in [-0.1, -0.05) is 53.5 Å². The molecule has 6 heteroatoms. The van der Waals surface area contributed by atoms with Crippen LogP contribution in [-0.2, 0) is 22.0 Å². The SMILES string of the molecule is Cc1c(Cl)nc(Cl)c2c1CS(=O)(=O)C2Cc1ccccc1. The van der Waals surface area contributed by atoms with Crippen LogP contribution in [0, 0.1) is 6.92 Å². The normalized spacial score (nSPS) is 19.5. The van der Waals surface area contributed by atoms with Gasteiger partial charge in [0.25, 0.3) is 0 Å². The lowest BCUT2D eigenvalue weighted by atomic mass is 10.00. The molecule has 0 saturated carbocycles. The van der Waals surface area contributed by atoms with Crippen LogP contribution in [0.15, 0.2) is 30.3 Å². The zero-order valence-electron chi connectivity index (χ0n) is 11.3. The van der Waals surface area contributed by atoms with Gasteiger partial charge in [0, 0.05) is 5.56 Å². The molecule has 0 fully saturated rings. The molecule has 0 spiro atoms.